The summed E-state index contributed by atoms with van der Waals surface area (Å²) in [6.07, 6.45) is 4.10. The summed E-state index contributed by atoms with van der Waals surface area (Å²) in [5.41, 5.74) is 7.89. The lowest BCUT2D eigenvalue weighted by molar-refractivity contribution is -0.142. The van der Waals surface area contributed by atoms with Gasteiger partial charge in [0.05, 0.1) is 13.7 Å². The van der Waals surface area contributed by atoms with E-state index in [4.69, 9.17) is 15.7 Å². The summed E-state index contributed by atoms with van der Waals surface area (Å²) in [5.74, 6) is -0.332. The SMILES string of the molecule is COC(=O)[C@@H](N)CCOc1ccc(NC(=O)CCCCCCC(=O)NO)cc1. The molecule has 0 aliphatic carbocycles. The lowest BCUT2D eigenvalue weighted by Gasteiger charge is -2.11. The van der Waals surface area contributed by atoms with Crippen LogP contribution in [0.15, 0.2) is 24.3 Å². The van der Waals surface area contributed by atoms with E-state index in [0.717, 1.165) is 19.3 Å². The Hall–Kier alpha value is -2.65. The van der Waals surface area contributed by atoms with E-state index in [9.17, 15) is 14.4 Å². The van der Waals surface area contributed by atoms with Crippen molar-refractivity contribution < 1.29 is 29.1 Å². The summed E-state index contributed by atoms with van der Waals surface area (Å²) in [6.45, 7) is 0.280. The van der Waals surface area contributed by atoms with Crippen molar-refractivity contribution in [3.8, 4) is 5.75 Å². The zero-order chi connectivity index (χ0) is 20.8. The van der Waals surface area contributed by atoms with Gasteiger partial charge in [-0.05, 0) is 37.1 Å². The molecule has 2 amide bonds. The van der Waals surface area contributed by atoms with Gasteiger partial charge in [0.1, 0.15) is 11.8 Å². The molecule has 0 aliphatic rings. The van der Waals surface area contributed by atoms with Gasteiger partial charge in [0, 0.05) is 24.9 Å². The van der Waals surface area contributed by atoms with E-state index in [-0.39, 0.29) is 18.9 Å². The molecule has 0 spiro atoms. The van der Waals surface area contributed by atoms with Crippen molar-refractivity contribution in [2.45, 2.75) is 51.0 Å². The smallest absolute Gasteiger partial charge is 0.322 e. The second kappa shape index (κ2) is 13.5. The Morgan fingerprint density at radius 1 is 1.04 bits per heavy atom. The van der Waals surface area contributed by atoms with Crippen LogP contribution >= 0.6 is 0 Å². The molecule has 0 heterocycles. The number of carbonyl (C=O) groups is 3. The monoisotopic (exact) mass is 395 g/mol. The molecule has 0 unspecified atom stereocenters. The minimum absolute atomic E-state index is 0.0779. The summed E-state index contributed by atoms with van der Waals surface area (Å²) < 4.78 is 10.1. The lowest BCUT2D eigenvalue weighted by Crippen LogP contribution is -2.33. The normalized spacial score (nSPS) is 11.4. The van der Waals surface area contributed by atoms with Crippen LogP contribution in [0, 0.1) is 0 Å². The Balaban J connectivity index is 2.20. The number of unbranched alkanes of at least 4 members (excludes halogenated alkanes) is 3. The molecule has 0 aliphatic heterocycles. The first-order valence-corrected chi connectivity index (χ1v) is 9.25. The highest BCUT2D eigenvalue weighted by Gasteiger charge is 2.13. The topological polar surface area (TPSA) is 140 Å². The highest BCUT2D eigenvalue weighted by Crippen LogP contribution is 2.16. The van der Waals surface area contributed by atoms with Gasteiger partial charge in [-0.1, -0.05) is 12.8 Å². The molecular weight excluding hydrogens is 366 g/mol. The van der Waals surface area contributed by atoms with E-state index in [1.54, 1.807) is 29.7 Å². The van der Waals surface area contributed by atoms with Crippen LogP contribution in [-0.4, -0.2) is 42.7 Å². The van der Waals surface area contributed by atoms with Gasteiger partial charge in [-0.15, -0.1) is 0 Å². The molecule has 28 heavy (non-hydrogen) atoms. The van der Waals surface area contributed by atoms with Crippen molar-refractivity contribution in [3.63, 3.8) is 0 Å². The molecule has 5 N–H and O–H groups in total. The number of hydrogen-bond donors (Lipinski definition) is 4. The number of nitrogens with one attached hydrogen (secondary N) is 2. The molecule has 0 saturated carbocycles. The van der Waals surface area contributed by atoms with Crippen molar-refractivity contribution in [2.24, 2.45) is 5.73 Å². The summed E-state index contributed by atoms with van der Waals surface area (Å²) in [6, 6.07) is 6.22. The first-order chi connectivity index (χ1) is 13.5. The van der Waals surface area contributed by atoms with Gasteiger partial charge in [-0.3, -0.25) is 19.6 Å². The fourth-order valence-electron chi connectivity index (χ4n) is 2.41. The standard InChI is InChI=1S/C19H29N3O6/c1-27-19(25)16(20)12-13-28-15-10-8-14(9-11-15)21-17(23)6-4-2-3-5-7-18(24)22-26/h8-11,16,26H,2-7,12-13,20H2,1H3,(H,21,23)(H,22,24)/t16-/m0/s1. The van der Waals surface area contributed by atoms with Crippen LogP contribution in [0.5, 0.6) is 5.75 Å². The van der Waals surface area contributed by atoms with Gasteiger partial charge in [0.15, 0.2) is 0 Å². The number of nitrogens with two attached hydrogens (primary N) is 1. The molecule has 0 bridgehead atoms. The lowest BCUT2D eigenvalue weighted by atomic mass is 10.1. The van der Waals surface area contributed by atoms with Gasteiger partial charge in [0.2, 0.25) is 11.8 Å². The van der Waals surface area contributed by atoms with Crippen LogP contribution in [0.1, 0.15) is 44.9 Å². The Labute approximate surface area is 164 Å². The molecule has 1 aromatic carbocycles. The number of anilines is 1. The van der Waals surface area contributed by atoms with Gasteiger partial charge in [-0.25, -0.2) is 5.48 Å². The van der Waals surface area contributed by atoms with Crippen LogP contribution in [0.4, 0.5) is 5.69 Å². The first kappa shape index (κ1) is 23.4. The van der Waals surface area contributed by atoms with Crippen LogP contribution in [-0.2, 0) is 19.1 Å². The number of rotatable bonds is 13. The number of esters is 1. The van der Waals surface area contributed by atoms with Gasteiger partial charge < -0.3 is 20.5 Å². The Bertz CT molecular complexity index is 621. The molecule has 9 nitrogen and oxygen atoms in total. The van der Waals surface area contributed by atoms with Crippen molar-refractivity contribution in [2.75, 3.05) is 19.0 Å². The molecule has 0 radical (unpaired) electrons. The highest BCUT2D eigenvalue weighted by atomic mass is 16.5. The van der Waals surface area contributed by atoms with Gasteiger partial charge in [0.25, 0.3) is 0 Å². The zero-order valence-electron chi connectivity index (χ0n) is 16.1. The number of carbonyl (C=O) groups excluding carboxylic acids is 3. The molecule has 9 heteroatoms. The Morgan fingerprint density at radius 2 is 1.64 bits per heavy atom. The maximum atomic E-state index is 11.9. The Morgan fingerprint density at radius 3 is 2.21 bits per heavy atom. The molecule has 0 aromatic heterocycles. The molecule has 0 fully saturated rings. The van der Waals surface area contributed by atoms with Crippen LogP contribution in [0.3, 0.4) is 0 Å². The number of methoxy groups -OCH3 is 1. The summed E-state index contributed by atoms with van der Waals surface area (Å²) in [5, 5.41) is 11.2. The quantitative estimate of drug-likeness (QED) is 0.173. The summed E-state index contributed by atoms with van der Waals surface area (Å²) in [4.78, 5) is 34.0. The van der Waals surface area contributed by atoms with Crippen molar-refractivity contribution in [1.82, 2.24) is 5.48 Å². The average Bonchev–Trinajstić information content (AvgIpc) is 2.70. The third kappa shape index (κ3) is 9.89. The van der Waals surface area contributed by atoms with Crippen LogP contribution in [0.2, 0.25) is 0 Å². The molecule has 0 saturated heterocycles. The third-order valence-corrected chi connectivity index (χ3v) is 4.02. The van der Waals surface area contributed by atoms with E-state index in [1.165, 1.54) is 7.11 Å². The van der Waals surface area contributed by atoms with Crippen molar-refractivity contribution in [3.05, 3.63) is 24.3 Å². The van der Waals surface area contributed by atoms with Crippen LogP contribution < -0.4 is 21.3 Å². The Kier molecular flexibility index (Phi) is 11.3. The van der Waals surface area contributed by atoms with Crippen molar-refractivity contribution >= 4 is 23.5 Å². The molecule has 1 atom stereocenters. The predicted molar refractivity (Wildman–Crippen MR) is 103 cm³/mol. The maximum absolute atomic E-state index is 11.9. The van der Waals surface area contributed by atoms with E-state index >= 15 is 0 Å². The summed E-state index contributed by atoms with van der Waals surface area (Å²) in [7, 11) is 1.29. The first-order valence-electron chi connectivity index (χ1n) is 9.25. The summed E-state index contributed by atoms with van der Waals surface area (Å²) >= 11 is 0. The van der Waals surface area contributed by atoms with E-state index in [1.807, 2.05) is 0 Å². The highest BCUT2D eigenvalue weighted by molar-refractivity contribution is 5.90. The molecule has 1 aromatic rings. The van der Waals surface area contributed by atoms with Crippen LogP contribution in [0.25, 0.3) is 0 Å². The second-order valence-electron chi connectivity index (χ2n) is 6.29. The van der Waals surface area contributed by atoms with Gasteiger partial charge >= 0.3 is 5.97 Å². The van der Waals surface area contributed by atoms with Crippen molar-refractivity contribution in [1.29, 1.82) is 0 Å². The number of hydroxylamine groups is 1. The number of ether oxygens (including phenoxy) is 2. The molecule has 1 rings (SSSR count). The fourth-order valence-corrected chi connectivity index (χ4v) is 2.41. The fraction of sp³-hybridized carbons (Fsp3) is 0.526. The molecular formula is C19H29N3O6. The van der Waals surface area contributed by atoms with Gasteiger partial charge in [-0.2, -0.15) is 0 Å². The second-order valence-corrected chi connectivity index (χ2v) is 6.29. The number of hydrogen-bond acceptors (Lipinski definition) is 7. The van der Waals surface area contributed by atoms with E-state index in [2.05, 4.69) is 10.1 Å². The number of benzene rings is 1. The maximum Gasteiger partial charge on any atom is 0.322 e. The number of amides is 2. The zero-order valence-corrected chi connectivity index (χ0v) is 16.1. The van der Waals surface area contributed by atoms with E-state index < -0.39 is 17.9 Å². The molecule has 156 valence electrons. The minimum atomic E-state index is -0.713. The third-order valence-electron chi connectivity index (χ3n) is 4.02. The largest absolute Gasteiger partial charge is 0.494 e. The van der Waals surface area contributed by atoms with E-state index in [0.29, 0.717) is 30.7 Å². The minimum Gasteiger partial charge on any atom is -0.494 e. The average molecular weight is 395 g/mol. The predicted octanol–water partition coefficient (Wildman–Crippen LogP) is 1.74.